The van der Waals surface area contributed by atoms with Crippen molar-refractivity contribution in [3.63, 3.8) is 0 Å². The van der Waals surface area contributed by atoms with Crippen molar-refractivity contribution in [2.45, 2.75) is 12.8 Å². The highest BCUT2D eigenvalue weighted by Crippen LogP contribution is 2.19. The predicted molar refractivity (Wildman–Crippen MR) is 75.8 cm³/mol. The zero-order valence-electron chi connectivity index (χ0n) is 9.57. The normalized spacial score (nSPS) is 10.3. The molecule has 0 amide bonds. The molecule has 0 aliphatic heterocycles. The molecule has 1 aromatic carbocycles. The minimum absolute atomic E-state index is 0.134. The van der Waals surface area contributed by atoms with Gasteiger partial charge in [0.25, 0.3) is 0 Å². The van der Waals surface area contributed by atoms with Gasteiger partial charge in [0.2, 0.25) is 0 Å². The van der Waals surface area contributed by atoms with Crippen LogP contribution < -0.4 is 0 Å². The fourth-order valence-electron chi connectivity index (χ4n) is 1.68. The second kappa shape index (κ2) is 6.12. The van der Waals surface area contributed by atoms with Crippen molar-refractivity contribution in [1.29, 1.82) is 0 Å². The average molecular weight is 325 g/mol. The molecule has 0 aliphatic carbocycles. The monoisotopic (exact) mass is 323 g/mol. The molecule has 18 heavy (non-hydrogen) atoms. The summed E-state index contributed by atoms with van der Waals surface area (Å²) in [5.41, 5.74) is 1.82. The molecule has 0 radical (unpaired) electrons. The van der Waals surface area contributed by atoms with E-state index in [0.717, 1.165) is 15.6 Å². The van der Waals surface area contributed by atoms with Crippen molar-refractivity contribution >= 4 is 33.3 Å². The van der Waals surface area contributed by atoms with Crippen LogP contribution in [0.5, 0.6) is 0 Å². The summed E-state index contributed by atoms with van der Waals surface area (Å²) >= 11 is 9.41. The fourth-order valence-corrected chi connectivity index (χ4v) is 2.29. The van der Waals surface area contributed by atoms with Crippen LogP contribution in [0.1, 0.15) is 11.1 Å². The topological polar surface area (TPSA) is 30.0 Å². The van der Waals surface area contributed by atoms with Gasteiger partial charge in [0.05, 0.1) is 5.02 Å². The number of rotatable bonds is 4. The van der Waals surface area contributed by atoms with E-state index >= 15 is 0 Å². The fraction of sp³-hybridized carbons (Fsp3) is 0.143. The van der Waals surface area contributed by atoms with Crippen LogP contribution in [0, 0.1) is 0 Å². The zero-order valence-corrected chi connectivity index (χ0v) is 11.9. The Kier molecular flexibility index (Phi) is 4.50. The van der Waals surface area contributed by atoms with Gasteiger partial charge in [-0.25, -0.2) is 0 Å². The van der Waals surface area contributed by atoms with Gasteiger partial charge < -0.3 is 0 Å². The van der Waals surface area contributed by atoms with Crippen LogP contribution in [0.15, 0.2) is 47.2 Å². The summed E-state index contributed by atoms with van der Waals surface area (Å²) in [4.78, 5) is 15.9. The number of carbonyl (C=O) groups excluding carboxylic acids is 1. The number of Topliss-reactive ketones (excluding diaryl/α,β-unsaturated/α-hetero) is 1. The molecular weight excluding hydrogens is 314 g/mol. The molecule has 0 aliphatic rings. The molecule has 0 spiro atoms. The molecule has 0 saturated carbocycles. The third kappa shape index (κ3) is 3.40. The summed E-state index contributed by atoms with van der Waals surface area (Å²) in [7, 11) is 0. The first-order valence-electron chi connectivity index (χ1n) is 5.50. The van der Waals surface area contributed by atoms with E-state index in [0.29, 0.717) is 17.9 Å². The molecular formula is C14H11BrClNO. The second-order valence-electron chi connectivity index (χ2n) is 3.95. The van der Waals surface area contributed by atoms with E-state index in [-0.39, 0.29) is 5.78 Å². The molecule has 0 fully saturated rings. The SMILES string of the molecule is O=C(Cc1ccncc1Cl)Cc1ccccc1Br. The van der Waals surface area contributed by atoms with Crippen molar-refractivity contribution in [2.24, 2.45) is 0 Å². The Bertz CT molecular complexity index is 522. The summed E-state index contributed by atoms with van der Waals surface area (Å²) in [6.45, 7) is 0. The third-order valence-corrected chi connectivity index (χ3v) is 3.70. The maximum Gasteiger partial charge on any atom is 0.141 e. The Balaban J connectivity index is 2.06. The van der Waals surface area contributed by atoms with Crippen LogP contribution in [0.2, 0.25) is 5.02 Å². The molecule has 2 aromatic rings. The highest BCUT2D eigenvalue weighted by molar-refractivity contribution is 9.10. The number of carbonyl (C=O) groups is 1. The lowest BCUT2D eigenvalue weighted by Crippen LogP contribution is -2.07. The Hall–Kier alpha value is -1.19. The van der Waals surface area contributed by atoms with E-state index in [1.807, 2.05) is 24.3 Å². The quantitative estimate of drug-likeness (QED) is 0.855. The number of hydrogen-bond acceptors (Lipinski definition) is 2. The van der Waals surface area contributed by atoms with Crippen LogP contribution in [0.25, 0.3) is 0 Å². The number of pyridine rings is 1. The first-order valence-corrected chi connectivity index (χ1v) is 6.67. The van der Waals surface area contributed by atoms with E-state index in [2.05, 4.69) is 20.9 Å². The molecule has 0 unspecified atom stereocenters. The third-order valence-electron chi connectivity index (χ3n) is 2.59. The predicted octanol–water partition coefficient (Wildman–Crippen LogP) is 3.85. The molecule has 0 atom stereocenters. The lowest BCUT2D eigenvalue weighted by Gasteiger charge is -2.05. The second-order valence-corrected chi connectivity index (χ2v) is 5.21. The Morgan fingerprint density at radius 3 is 2.61 bits per heavy atom. The molecule has 0 N–H and O–H groups in total. The Morgan fingerprint density at radius 2 is 1.89 bits per heavy atom. The van der Waals surface area contributed by atoms with Gasteiger partial charge >= 0.3 is 0 Å². The molecule has 0 bridgehead atoms. The maximum atomic E-state index is 12.0. The number of ketones is 1. The van der Waals surface area contributed by atoms with E-state index in [1.165, 1.54) is 0 Å². The molecule has 1 aromatic heterocycles. The number of aromatic nitrogens is 1. The largest absolute Gasteiger partial charge is 0.299 e. The summed E-state index contributed by atoms with van der Waals surface area (Å²) < 4.78 is 0.958. The van der Waals surface area contributed by atoms with Gasteiger partial charge in [-0.2, -0.15) is 0 Å². The Labute approximate surface area is 119 Å². The van der Waals surface area contributed by atoms with E-state index in [9.17, 15) is 4.79 Å². The lowest BCUT2D eigenvalue weighted by atomic mass is 10.0. The van der Waals surface area contributed by atoms with Gasteiger partial charge in [0.1, 0.15) is 5.78 Å². The number of halogens is 2. The van der Waals surface area contributed by atoms with Gasteiger partial charge in [0.15, 0.2) is 0 Å². The van der Waals surface area contributed by atoms with Gasteiger partial charge in [-0.3, -0.25) is 9.78 Å². The lowest BCUT2D eigenvalue weighted by molar-refractivity contribution is -0.117. The van der Waals surface area contributed by atoms with Crippen LogP contribution in [0.4, 0.5) is 0 Å². The smallest absolute Gasteiger partial charge is 0.141 e. The Morgan fingerprint density at radius 1 is 1.17 bits per heavy atom. The van der Waals surface area contributed by atoms with Crippen molar-refractivity contribution in [3.8, 4) is 0 Å². The highest BCUT2D eigenvalue weighted by Gasteiger charge is 2.09. The van der Waals surface area contributed by atoms with E-state index in [1.54, 1.807) is 18.5 Å². The van der Waals surface area contributed by atoms with Gasteiger partial charge in [-0.1, -0.05) is 45.7 Å². The van der Waals surface area contributed by atoms with Crippen molar-refractivity contribution in [2.75, 3.05) is 0 Å². The van der Waals surface area contributed by atoms with Crippen LogP contribution in [-0.4, -0.2) is 10.8 Å². The van der Waals surface area contributed by atoms with Crippen LogP contribution in [-0.2, 0) is 17.6 Å². The number of nitrogens with zero attached hydrogens (tertiary/aromatic N) is 1. The first-order chi connectivity index (χ1) is 8.66. The van der Waals surface area contributed by atoms with Gasteiger partial charge in [0, 0.05) is 29.7 Å². The van der Waals surface area contributed by atoms with E-state index < -0.39 is 0 Å². The molecule has 2 rings (SSSR count). The standard InChI is InChI=1S/C14H11BrClNO/c15-13-4-2-1-3-10(13)7-12(18)8-11-5-6-17-9-14(11)16/h1-6,9H,7-8H2. The van der Waals surface area contributed by atoms with Gasteiger partial charge in [-0.05, 0) is 23.3 Å². The minimum Gasteiger partial charge on any atom is -0.299 e. The van der Waals surface area contributed by atoms with Crippen molar-refractivity contribution in [1.82, 2.24) is 4.98 Å². The highest BCUT2D eigenvalue weighted by atomic mass is 79.9. The average Bonchev–Trinajstić information content (AvgIpc) is 2.35. The van der Waals surface area contributed by atoms with Crippen LogP contribution >= 0.6 is 27.5 Å². The van der Waals surface area contributed by atoms with Crippen molar-refractivity contribution < 1.29 is 4.79 Å². The summed E-state index contributed by atoms with van der Waals surface area (Å²) in [5, 5.41) is 0.540. The van der Waals surface area contributed by atoms with E-state index in [4.69, 9.17) is 11.6 Å². The molecule has 92 valence electrons. The first kappa shape index (κ1) is 13.2. The van der Waals surface area contributed by atoms with Crippen molar-refractivity contribution in [3.05, 3.63) is 63.3 Å². The number of benzene rings is 1. The maximum absolute atomic E-state index is 12.0. The number of hydrogen-bond donors (Lipinski definition) is 0. The van der Waals surface area contributed by atoms with Gasteiger partial charge in [-0.15, -0.1) is 0 Å². The molecule has 4 heteroatoms. The molecule has 1 heterocycles. The summed E-state index contributed by atoms with van der Waals surface area (Å²) in [6, 6.07) is 9.50. The van der Waals surface area contributed by atoms with Crippen LogP contribution in [0.3, 0.4) is 0 Å². The zero-order chi connectivity index (χ0) is 13.0. The summed E-state index contributed by atoms with van der Waals surface area (Å²) in [5.74, 6) is 0.134. The molecule has 0 saturated heterocycles. The molecule has 2 nitrogen and oxygen atoms in total. The summed E-state index contributed by atoms with van der Waals surface area (Å²) in [6.07, 6.45) is 3.94. The minimum atomic E-state index is 0.134.